The summed E-state index contributed by atoms with van der Waals surface area (Å²) in [6.07, 6.45) is 2.60. The van der Waals surface area contributed by atoms with Crippen LogP contribution in [-0.2, 0) is 14.3 Å². The summed E-state index contributed by atoms with van der Waals surface area (Å²) in [5.41, 5.74) is 0.169. The summed E-state index contributed by atoms with van der Waals surface area (Å²) in [7, 11) is 0. The number of benzene rings is 1. The number of carbonyl (C=O) groups is 3. The largest absolute Gasteiger partial charge is 0.481 e. The van der Waals surface area contributed by atoms with Gasteiger partial charge in [-0.15, -0.1) is 0 Å². The van der Waals surface area contributed by atoms with Gasteiger partial charge in [-0.2, -0.15) is 0 Å². The lowest BCUT2D eigenvalue weighted by Gasteiger charge is -2.36. The maximum absolute atomic E-state index is 12.6. The van der Waals surface area contributed by atoms with E-state index in [1.165, 1.54) is 0 Å². The molecule has 2 fully saturated rings. The first-order valence-electron chi connectivity index (χ1n) is 8.50. The van der Waals surface area contributed by atoms with Gasteiger partial charge in [-0.25, -0.2) is 0 Å². The Kier molecular flexibility index (Phi) is 5.03. The van der Waals surface area contributed by atoms with Gasteiger partial charge in [0.25, 0.3) is 5.91 Å². The number of anilines is 1. The van der Waals surface area contributed by atoms with Crippen molar-refractivity contribution in [3.05, 3.63) is 29.8 Å². The Labute approximate surface area is 145 Å². The quantitative estimate of drug-likeness (QED) is 0.728. The highest BCUT2D eigenvalue weighted by Crippen LogP contribution is 2.30. The van der Waals surface area contributed by atoms with Gasteiger partial charge in [0.05, 0.1) is 12.0 Å². The van der Waals surface area contributed by atoms with Crippen molar-refractivity contribution in [2.24, 2.45) is 5.92 Å². The number of hydrogen-bond acceptors (Lipinski definition) is 4. The van der Waals surface area contributed by atoms with Crippen molar-refractivity contribution in [1.29, 1.82) is 0 Å². The average molecular weight is 346 g/mol. The van der Waals surface area contributed by atoms with E-state index in [0.717, 1.165) is 12.8 Å². The number of ether oxygens (including phenoxy) is 1. The molecule has 1 heterocycles. The Morgan fingerprint density at radius 1 is 1.20 bits per heavy atom. The molecule has 134 valence electrons. The molecule has 1 aromatic carbocycles. The second-order valence-corrected chi connectivity index (χ2v) is 6.76. The van der Waals surface area contributed by atoms with Gasteiger partial charge in [-0.1, -0.05) is 6.07 Å². The highest BCUT2D eigenvalue weighted by atomic mass is 16.5. The fourth-order valence-electron chi connectivity index (χ4n) is 3.04. The van der Waals surface area contributed by atoms with Crippen molar-refractivity contribution < 1.29 is 24.2 Å². The first-order chi connectivity index (χ1) is 12.0. The molecule has 7 heteroatoms. The van der Waals surface area contributed by atoms with Gasteiger partial charge in [0, 0.05) is 30.4 Å². The topological polar surface area (TPSA) is 105 Å². The molecule has 0 radical (unpaired) electrons. The van der Waals surface area contributed by atoms with Crippen molar-refractivity contribution in [2.45, 2.75) is 37.6 Å². The highest BCUT2D eigenvalue weighted by molar-refractivity contribution is 5.98. The Balaban J connectivity index is 1.70. The third-order valence-corrected chi connectivity index (χ3v) is 4.66. The van der Waals surface area contributed by atoms with Crippen molar-refractivity contribution in [1.82, 2.24) is 5.32 Å². The van der Waals surface area contributed by atoms with E-state index in [1.807, 2.05) is 0 Å². The van der Waals surface area contributed by atoms with E-state index in [0.29, 0.717) is 37.3 Å². The monoisotopic (exact) mass is 346 g/mol. The van der Waals surface area contributed by atoms with E-state index in [-0.39, 0.29) is 24.2 Å². The first-order valence-corrected chi connectivity index (χ1v) is 8.50. The molecule has 1 aliphatic heterocycles. The molecule has 1 aliphatic carbocycles. The van der Waals surface area contributed by atoms with E-state index in [2.05, 4.69) is 10.6 Å². The van der Waals surface area contributed by atoms with E-state index in [4.69, 9.17) is 4.74 Å². The van der Waals surface area contributed by atoms with Crippen molar-refractivity contribution in [3.63, 3.8) is 0 Å². The minimum Gasteiger partial charge on any atom is -0.481 e. The molecule has 0 bridgehead atoms. The second kappa shape index (κ2) is 7.23. The molecule has 0 spiro atoms. The van der Waals surface area contributed by atoms with Crippen LogP contribution in [0.2, 0.25) is 0 Å². The zero-order valence-electron chi connectivity index (χ0n) is 13.9. The van der Waals surface area contributed by atoms with Gasteiger partial charge in [-0.3, -0.25) is 14.4 Å². The van der Waals surface area contributed by atoms with Crippen molar-refractivity contribution in [2.75, 3.05) is 18.5 Å². The van der Waals surface area contributed by atoms with Crippen LogP contribution in [0.3, 0.4) is 0 Å². The van der Waals surface area contributed by atoms with Crippen LogP contribution in [0.1, 0.15) is 42.5 Å². The summed E-state index contributed by atoms with van der Waals surface area (Å²) in [5.74, 6) is -1.23. The Bertz CT molecular complexity index is 678. The van der Waals surface area contributed by atoms with E-state index in [9.17, 15) is 19.5 Å². The molecule has 0 aromatic heterocycles. The third-order valence-electron chi connectivity index (χ3n) is 4.66. The fraction of sp³-hybridized carbons (Fsp3) is 0.500. The van der Waals surface area contributed by atoms with Crippen LogP contribution < -0.4 is 10.6 Å². The molecular formula is C18H22N2O5. The third kappa shape index (κ3) is 4.57. The van der Waals surface area contributed by atoms with Gasteiger partial charge in [-0.05, 0) is 43.9 Å². The maximum Gasteiger partial charge on any atom is 0.305 e. The number of nitrogens with one attached hydrogen (secondary N) is 2. The van der Waals surface area contributed by atoms with Gasteiger partial charge in [0.1, 0.15) is 0 Å². The van der Waals surface area contributed by atoms with E-state index in [1.54, 1.807) is 24.3 Å². The Morgan fingerprint density at radius 2 is 1.92 bits per heavy atom. The highest BCUT2D eigenvalue weighted by Gasteiger charge is 2.36. The zero-order chi connectivity index (χ0) is 17.9. The van der Waals surface area contributed by atoms with Crippen LogP contribution in [-0.4, -0.2) is 41.6 Å². The van der Waals surface area contributed by atoms with Crippen LogP contribution in [0.5, 0.6) is 0 Å². The predicted molar refractivity (Wildman–Crippen MR) is 90.3 cm³/mol. The Morgan fingerprint density at radius 3 is 2.56 bits per heavy atom. The molecule has 1 saturated carbocycles. The smallest absolute Gasteiger partial charge is 0.305 e. The molecule has 25 heavy (non-hydrogen) atoms. The Hall–Kier alpha value is -2.41. The normalized spacial score (nSPS) is 19.0. The SMILES string of the molecule is O=C(O)CC1(NC(=O)c2cccc(NC(=O)C3CC3)c2)CCOCC1. The summed E-state index contributed by atoms with van der Waals surface area (Å²) in [5, 5.41) is 14.9. The number of hydrogen-bond donors (Lipinski definition) is 3. The molecule has 0 unspecified atom stereocenters. The average Bonchev–Trinajstić information content (AvgIpc) is 3.40. The number of carboxylic acids is 1. The number of rotatable bonds is 6. The molecular weight excluding hydrogens is 324 g/mol. The molecule has 7 nitrogen and oxygen atoms in total. The molecule has 2 amide bonds. The zero-order valence-corrected chi connectivity index (χ0v) is 13.9. The lowest BCUT2D eigenvalue weighted by atomic mass is 9.86. The van der Waals surface area contributed by atoms with Crippen molar-refractivity contribution >= 4 is 23.5 Å². The molecule has 1 saturated heterocycles. The molecule has 3 N–H and O–H groups in total. The van der Waals surface area contributed by atoms with Crippen LogP contribution in [0.25, 0.3) is 0 Å². The minimum absolute atomic E-state index is 0.0238. The van der Waals surface area contributed by atoms with Gasteiger partial charge < -0.3 is 20.5 Å². The van der Waals surface area contributed by atoms with Crippen LogP contribution >= 0.6 is 0 Å². The fourth-order valence-corrected chi connectivity index (χ4v) is 3.04. The standard InChI is InChI=1S/C18H22N2O5/c21-15(22)11-18(6-8-25-9-7-18)20-17(24)13-2-1-3-14(10-13)19-16(23)12-4-5-12/h1-3,10,12H,4-9,11H2,(H,19,23)(H,20,24)(H,21,22). The molecule has 1 aromatic rings. The summed E-state index contributed by atoms with van der Waals surface area (Å²) in [6, 6.07) is 6.70. The van der Waals surface area contributed by atoms with Gasteiger partial charge in [0.2, 0.25) is 5.91 Å². The summed E-state index contributed by atoms with van der Waals surface area (Å²) in [6.45, 7) is 0.843. The molecule has 2 aliphatic rings. The van der Waals surface area contributed by atoms with Crippen LogP contribution in [0.15, 0.2) is 24.3 Å². The number of amides is 2. The van der Waals surface area contributed by atoms with Gasteiger partial charge >= 0.3 is 5.97 Å². The second-order valence-electron chi connectivity index (χ2n) is 6.76. The maximum atomic E-state index is 12.6. The lowest BCUT2D eigenvalue weighted by molar-refractivity contribution is -0.139. The first kappa shape index (κ1) is 17.4. The number of carbonyl (C=O) groups excluding carboxylic acids is 2. The van der Waals surface area contributed by atoms with Gasteiger partial charge in [0.15, 0.2) is 0 Å². The number of aliphatic carboxylic acids is 1. The predicted octanol–water partition coefficient (Wildman–Crippen LogP) is 1.79. The van der Waals surface area contributed by atoms with Crippen molar-refractivity contribution in [3.8, 4) is 0 Å². The summed E-state index contributed by atoms with van der Waals surface area (Å²) >= 11 is 0. The summed E-state index contributed by atoms with van der Waals surface area (Å²) < 4.78 is 5.29. The van der Waals surface area contributed by atoms with E-state index < -0.39 is 11.5 Å². The minimum atomic E-state index is -0.951. The molecule has 3 rings (SSSR count). The molecule has 0 atom stereocenters. The lowest BCUT2D eigenvalue weighted by Crippen LogP contribution is -2.53. The van der Waals surface area contributed by atoms with Crippen LogP contribution in [0, 0.1) is 5.92 Å². The van der Waals surface area contributed by atoms with Crippen LogP contribution in [0.4, 0.5) is 5.69 Å². The number of carboxylic acid groups (broad SMARTS) is 1. The summed E-state index contributed by atoms with van der Waals surface area (Å²) in [4.78, 5) is 35.7. The van der Waals surface area contributed by atoms with E-state index >= 15 is 0 Å².